The molecule has 3 aliphatic rings. The van der Waals surface area contributed by atoms with Gasteiger partial charge in [-0.05, 0) is 80.0 Å². The van der Waals surface area contributed by atoms with Crippen molar-refractivity contribution in [2.24, 2.45) is 0 Å². The van der Waals surface area contributed by atoms with E-state index in [1.165, 1.54) is 40.7 Å². The molecule has 0 radical (unpaired) electrons. The van der Waals surface area contributed by atoms with E-state index >= 15 is 0 Å². The van der Waals surface area contributed by atoms with Gasteiger partial charge in [-0.2, -0.15) is 9.64 Å². The van der Waals surface area contributed by atoms with Crippen molar-refractivity contribution in [3.8, 4) is 11.8 Å². The zero-order chi connectivity index (χ0) is 29.3. The molecular weight excluding hydrogens is 569 g/mol. The molecule has 10 heteroatoms. The van der Waals surface area contributed by atoms with Crippen molar-refractivity contribution in [3.05, 3.63) is 101 Å². The van der Waals surface area contributed by atoms with Gasteiger partial charge in [0, 0.05) is 22.9 Å². The minimum Gasteiger partial charge on any atom is -0.487 e. The number of rotatable bonds is 11. The zero-order valence-corrected chi connectivity index (χ0v) is 25.1. The van der Waals surface area contributed by atoms with Crippen LogP contribution in [0.1, 0.15) is 73.3 Å². The quantitative estimate of drug-likeness (QED) is 0.212. The van der Waals surface area contributed by atoms with Gasteiger partial charge in [-0.3, -0.25) is 4.72 Å². The van der Waals surface area contributed by atoms with Crippen LogP contribution in [0.2, 0.25) is 0 Å². The first-order valence-electron chi connectivity index (χ1n) is 14.1. The fourth-order valence-corrected chi connectivity index (χ4v) is 8.16. The first-order chi connectivity index (χ1) is 20.3. The Morgan fingerprint density at radius 2 is 1.81 bits per heavy atom. The second kappa shape index (κ2) is 11.5. The summed E-state index contributed by atoms with van der Waals surface area (Å²) in [7, 11) is -3.94. The Balaban J connectivity index is 1.28. The summed E-state index contributed by atoms with van der Waals surface area (Å²) in [5, 5.41) is 10.1. The number of ether oxygens (including phenoxy) is 2. The van der Waals surface area contributed by atoms with E-state index in [9.17, 15) is 13.7 Å². The van der Waals surface area contributed by atoms with Crippen molar-refractivity contribution in [1.29, 1.82) is 5.26 Å². The Bertz CT molecular complexity index is 1680. The summed E-state index contributed by atoms with van der Waals surface area (Å²) in [5.41, 5.74) is 5.66. The SMILES string of the molecule is CC(C)OCC(CCC12CCC(c3ccccc31)c1ccccc12)Oc1ccc(S(=O)(=O)Nc2ncns2)cc1C#N. The summed E-state index contributed by atoms with van der Waals surface area (Å²) in [4.78, 5) is 3.82. The minimum atomic E-state index is -3.94. The van der Waals surface area contributed by atoms with Crippen LogP contribution in [0.3, 0.4) is 0 Å². The van der Waals surface area contributed by atoms with Crippen molar-refractivity contribution in [2.45, 2.75) is 68.0 Å². The smallest absolute Gasteiger partial charge is 0.263 e. The van der Waals surface area contributed by atoms with Gasteiger partial charge in [0.1, 0.15) is 24.3 Å². The van der Waals surface area contributed by atoms with Crippen LogP contribution in [0.5, 0.6) is 5.75 Å². The highest BCUT2D eigenvalue weighted by atomic mass is 32.2. The van der Waals surface area contributed by atoms with Crippen LogP contribution in [0.4, 0.5) is 5.13 Å². The number of fused-ring (bicyclic) bond motifs is 1. The molecule has 8 nitrogen and oxygen atoms in total. The minimum absolute atomic E-state index is 0.00946. The molecule has 216 valence electrons. The average Bonchev–Trinajstić information content (AvgIpc) is 3.51. The maximum Gasteiger partial charge on any atom is 0.263 e. The third-order valence-electron chi connectivity index (χ3n) is 8.33. The summed E-state index contributed by atoms with van der Waals surface area (Å²) < 4.78 is 44.5. The molecule has 0 spiro atoms. The highest BCUT2D eigenvalue weighted by Crippen LogP contribution is 2.58. The standard InChI is InChI=1S/C32H32N4O4S2/c1-21(2)39-19-23(40-30-12-11-24(17-22(30)18-33)42(37,38)36-31-34-20-35-41-31)13-15-32-16-14-25(26-7-3-5-9-28(26)32)27-8-4-6-10-29(27)32/h3-12,17,20-21,23,25H,13-16,19H2,1-2H3,(H,34,35,36). The first kappa shape index (κ1) is 28.3. The average molecular weight is 601 g/mol. The summed E-state index contributed by atoms with van der Waals surface area (Å²) in [6.07, 6.45) is 4.69. The highest BCUT2D eigenvalue weighted by molar-refractivity contribution is 7.93. The van der Waals surface area contributed by atoms with E-state index in [0.29, 0.717) is 24.7 Å². The van der Waals surface area contributed by atoms with Crippen LogP contribution in [0.15, 0.2) is 78.0 Å². The van der Waals surface area contributed by atoms with Crippen molar-refractivity contribution >= 4 is 26.7 Å². The lowest BCUT2D eigenvalue weighted by Gasteiger charge is -2.50. The number of nitrogens with zero attached hydrogens (tertiary/aromatic N) is 3. The number of aromatic nitrogens is 2. The maximum absolute atomic E-state index is 12.9. The van der Waals surface area contributed by atoms with Gasteiger partial charge >= 0.3 is 0 Å². The van der Waals surface area contributed by atoms with Crippen molar-refractivity contribution < 1.29 is 17.9 Å². The molecule has 1 aromatic heterocycles. The molecule has 2 bridgehead atoms. The fourth-order valence-electron chi connectivity index (χ4n) is 6.47. The third-order valence-corrected chi connectivity index (χ3v) is 10.4. The fraction of sp³-hybridized carbons (Fsp3) is 0.344. The second-order valence-corrected chi connectivity index (χ2v) is 13.6. The Kier molecular flexibility index (Phi) is 7.75. The summed E-state index contributed by atoms with van der Waals surface area (Å²) in [5.74, 6) is 0.764. The molecule has 1 heterocycles. The van der Waals surface area contributed by atoms with Gasteiger partial charge in [0.05, 0.1) is 23.2 Å². The number of nitriles is 1. The monoisotopic (exact) mass is 600 g/mol. The van der Waals surface area contributed by atoms with Crippen molar-refractivity contribution in [2.75, 3.05) is 11.3 Å². The lowest BCUT2D eigenvalue weighted by Crippen LogP contribution is -2.41. The molecule has 0 saturated carbocycles. The molecule has 0 aliphatic heterocycles. The summed E-state index contributed by atoms with van der Waals surface area (Å²) in [6.45, 7) is 4.31. The van der Waals surface area contributed by atoms with Gasteiger partial charge in [0.2, 0.25) is 5.13 Å². The lowest BCUT2D eigenvalue weighted by atomic mass is 9.54. The summed E-state index contributed by atoms with van der Waals surface area (Å²) >= 11 is 0.932. The predicted octanol–water partition coefficient (Wildman–Crippen LogP) is 6.39. The maximum atomic E-state index is 12.9. The molecule has 1 unspecified atom stereocenters. The van der Waals surface area contributed by atoms with Crippen LogP contribution in [-0.2, 0) is 20.2 Å². The molecule has 7 rings (SSSR count). The largest absolute Gasteiger partial charge is 0.487 e. The van der Waals surface area contributed by atoms with Crippen LogP contribution in [0, 0.1) is 11.3 Å². The van der Waals surface area contributed by atoms with Crippen molar-refractivity contribution in [3.63, 3.8) is 0 Å². The van der Waals surface area contributed by atoms with Gasteiger partial charge in [-0.1, -0.05) is 48.5 Å². The van der Waals surface area contributed by atoms with E-state index in [-0.39, 0.29) is 33.2 Å². The molecule has 42 heavy (non-hydrogen) atoms. The Labute approximate surface area is 250 Å². The molecule has 3 aliphatic carbocycles. The van der Waals surface area contributed by atoms with E-state index in [1.54, 1.807) is 6.07 Å². The zero-order valence-electron chi connectivity index (χ0n) is 23.5. The summed E-state index contributed by atoms with van der Waals surface area (Å²) in [6, 6.07) is 24.1. The second-order valence-electron chi connectivity index (χ2n) is 11.1. The number of sulfonamides is 1. The van der Waals surface area contributed by atoms with Gasteiger partial charge in [-0.15, -0.1) is 0 Å². The number of anilines is 1. The normalized spacial score (nSPS) is 19.5. The van der Waals surface area contributed by atoms with Gasteiger partial charge < -0.3 is 9.47 Å². The molecule has 0 fully saturated rings. The highest BCUT2D eigenvalue weighted by Gasteiger charge is 2.47. The molecule has 3 aromatic carbocycles. The van der Waals surface area contributed by atoms with E-state index in [2.05, 4.69) is 68.7 Å². The number of hydrogen-bond donors (Lipinski definition) is 1. The molecular formula is C32H32N4O4S2. The number of nitrogens with one attached hydrogen (secondary N) is 1. The molecule has 1 N–H and O–H groups in total. The van der Waals surface area contributed by atoms with E-state index in [1.807, 2.05) is 13.8 Å². The Morgan fingerprint density at radius 1 is 1.10 bits per heavy atom. The van der Waals surface area contributed by atoms with Crippen LogP contribution < -0.4 is 9.46 Å². The van der Waals surface area contributed by atoms with Crippen LogP contribution >= 0.6 is 11.5 Å². The van der Waals surface area contributed by atoms with Crippen LogP contribution in [0.25, 0.3) is 0 Å². The first-order valence-corrected chi connectivity index (χ1v) is 16.4. The number of benzene rings is 3. The van der Waals surface area contributed by atoms with Gasteiger partial charge in [-0.25, -0.2) is 13.4 Å². The molecule has 0 amide bonds. The molecule has 1 atom stereocenters. The predicted molar refractivity (Wildman–Crippen MR) is 161 cm³/mol. The Hall–Kier alpha value is -3.78. The molecule has 0 saturated heterocycles. The molecule has 4 aromatic rings. The van der Waals surface area contributed by atoms with E-state index in [4.69, 9.17) is 9.47 Å². The number of hydrogen-bond acceptors (Lipinski definition) is 8. The van der Waals surface area contributed by atoms with E-state index in [0.717, 1.165) is 30.8 Å². The van der Waals surface area contributed by atoms with Gasteiger partial charge in [0.15, 0.2) is 0 Å². The van der Waals surface area contributed by atoms with Gasteiger partial charge in [0.25, 0.3) is 10.0 Å². The lowest BCUT2D eigenvalue weighted by molar-refractivity contribution is 0.0104. The topological polar surface area (TPSA) is 114 Å². The van der Waals surface area contributed by atoms with Crippen molar-refractivity contribution in [1.82, 2.24) is 9.36 Å². The Morgan fingerprint density at radius 3 is 2.45 bits per heavy atom. The van der Waals surface area contributed by atoms with E-state index < -0.39 is 10.0 Å². The van der Waals surface area contributed by atoms with Crippen LogP contribution in [-0.4, -0.2) is 36.6 Å². The third kappa shape index (κ3) is 5.28.